The van der Waals surface area contributed by atoms with Crippen molar-refractivity contribution in [3.63, 3.8) is 0 Å². The Morgan fingerprint density at radius 2 is 1.89 bits per heavy atom. The molecule has 1 N–H and O–H groups in total. The second-order valence-corrected chi connectivity index (χ2v) is 7.86. The van der Waals surface area contributed by atoms with Crippen molar-refractivity contribution < 1.29 is 9.59 Å². The van der Waals surface area contributed by atoms with Gasteiger partial charge < -0.3 is 15.1 Å². The molecule has 0 atom stereocenters. The molecule has 0 aliphatic carbocycles. The first-order chi connectivity index (χ1) is 12.9. The third kappa shape index (κ3) is 4.83. The molecule has 3 rings (SSSR count). The molecular formula is C21H25N3O2S. The molecule has 1 aliphatic heterocycles. The van der Waals surface area contributed by atoms with Gasteiger partial charge in [0.05, 0.1) is 5.75 Å². The van der Waals surface area contributed by atoms with E-state index >= 15 is 0 Å². The van der Waals surface area contributed by atoms with Gasteiger partial charge in [0.25, 0.3) is 5.24 Å². The highest BCUT2D eigenvalue weighted by molar-refractivity contribution is 8.14. The highest BCUT2D eigenvalue weighted by Gasteiger charge is 2.23. The third-order valence-corrected chi connectivity index (χ3v) is 5.44. The summed E-state index contributed by atoms with van der Waals surface area (Å²) < 4.78 is 0. The maximum Gasteiger partial charge on any atom is 0.286 e. The summed E-state index contributed by atoms with van der Waals surface area (Å²) in [7, 11) is 3.94. The lowest BCUT2D eigenvalue weighted by atomic mass is 10.0. The number of anilines is 3. The summed E-state index contributed by atoms with van der Waals surface area (Å²) >= 11 is 1.05. The van der Waals surface area contributed by atoms with E-state index in [2.05, 4.69) is 18.3 Å². The van der Waals surface area contributed by atoms with Crippen LogP contribution in [0.15, 0.2) is 42.5 Å². The van der Waals surface area contributed by atoms with Gasteiger partial charge >= 0.3 is 0 Å². The Kier molecular flexibility index (Phi) is 6.06. The first-order valence-corrected chi connectivity index (χ1v) is 10.0. The number of carbonyl (C=O) groups excluding carboxylic acids is 2. The lowest BCUT2D eigenvalue weighted by Crippen LogP contribution is -2.33. The van der Waals surface area contributed by atoms with Gasteiger partial charge in [0, 0.05) is 37.7 Å². The Morgan fingerprint density at radius 3 is 2.59 bits per heavy atom. The standard InChI is InChI=1S/C21H25N3O2S/c1-15-6-11-19-16(13-15)5-4-12-24(19)21(26)27-14-20(25)22-17-7-9-18(10-8-17)23(2)3/h6-11,13H,4-5,12,14H2,1-3H3,(H,22,25). The van der Waals surface area contributed by atoms with Gasteiger partial charge in [-0.1, -0.05) is 29.5 Å². The van der Waals surface area contributed by atoms with Gasteiger partial charge in [0.2, 0.25) is 5.91 Å². The predicted molar refractivity (Wildman–Crippen MR) is 114 cm³/mol. The fourth-order valence-electron chi connectivity index (χ4n) is 3.16. The molecule has 6 heteroatoms. The topological polar surface area (TPSA) is 52.7 Å². The number of hydrogen-bond acceptors (Lipinski definition) is 4. The van der Waals surface area contributed by atoms with Crippen LogP contribution in [-0.2, 0) is 11.2 Å². The van der Waals surface area contributed by atoms with Crippen molar-refractivity contribution in [2.45, 2.75) is 19.8 Å². The normalized spacial score (nSPS) is 13.1. The van der Waals surface area contributed by atoms with Crippen LogP contribution >= 0.6 is 11.8 Å². The fourth-order valence-corrected chi connectivity index (χ4v) is 3.83. The molecule has 1 aliphatic rings. The highest BCUT2D eigenvalue weighted by atomic mass is 32.2. The van der Waals surface area contributed by atoms with Crippen LogP contribution in [0.1, 0.15) is 17.5 Å². The van der Waals surface area contributed by atoms with Crippen LogP contribution in [0, 0.1) is 6.92 Å². The molecule has 0 radical (unpaired) electrons. The van der Waals surface area contributed by atoms with Crippen LogP contribution < -0.4 is 15.1 Å². The quantitative estimate of drug-likeness (QED) is 0.855. The number of aryl methyl sites for hydroxylation is 2. The zero-order valence-electron chi connectivity index (χ0n) is 16.0. The maximum absolute atomic E-state index is 12.6. The SMILES string of the molecule is Cc1ccc2c(c1)CCCN2C(=O)SCC(=O)Nc1ccc(N(C)C)cc1. The Morgan fingerprint density at radius 1 is 1.15 bits per heavy atom. The molecule has 1 heterocycles. The minimum Gasteiger partial charge on any atom is -0.378 e. The van der Waals surface area contributed by atoms with Gasteiger partial charge in [-0.15, -0.1) is 0 Å². The van der Waals surface area contributed by atoms with E-state index in [1.165, 1.54) is 11.1 Å². The van der Waals surface area contributed by atoms with Gasteiger partial charge in [0.1, 0.15) is 0 Å². The van der Waals surface area contributed by atoms with Crippen molar-refractivity contribution in [2.24, 2.45) is 0 Å². The zero-order valence-corrected chi connectivity index (χ0v) is 16.8. The van der Waals surface area contributed by atoms with E-state index < -0.39 is 0 Å². The fraction of sp³-hybridized carbons (Fsp3) is 0.333. The van der Waals surface area contributed by atoms with Gasteiger partial charge in [0.15, 0.2) is 0 Å². The summed E-state index contributed by atoms with van der Waals surface area (Å²) in [5.41, 5.74) is 5.19. The molecule has 0 saturated carbocycles. The maximum atomic E-state index is 12.6. The number of nitrogens with zero attached hydrogens (tertiary/aromatic N) is 2. The van der Waals surface area contributed by atoms with Gasteiger partial charge in [-0.05, 0) is 55.7 Å². The second-order valence-electron chi connectivity index (χ2n) is 6.93. The van der Waals surface area contributed by atoms with E-state index in [9.17, 15) is 9.59 Å². The van der Waals surface area contributed by atoms with E-state index in [0.717, 1.165) is 41.7 Å². The Balaban J connectivity index is 1.56. The average Bonchev–Trinajstić information content (AvgIpc) is 2.65. The van der Waals surface area contributed by atoms with Crippen molar-refractivity contribution >= 4 is 40.0 Å². The monoisotopic (exact) mass is 383 g/mol. The van der Waals surface area contributed by atoms with Crippen molar-refractivity contribution in [3.8, 4) is 0 Å². The number of carbonyl (C=O) groups is 2. The van der Waals surface area contributed by atoms with Crippen LogP contribution in [0.3, 0.4) is 0 Å². The van der Waals surface area contributed by atoms with E-state index in [-0.39, 0.29) is 16.9 Å². The molecule has 0 aromatic heterocycles. The summed E-state index contributed by atoms with van der Waals surface area (Å²) in [5, 5.41) is 2.77. The third-order valence-electron chi connectivity index (χ3n) is 4.57. The van der Waals surface area contributed by atoms with Crippen LogP contribution in [0.5, 0.6) is 0 Å². The molecule has 0 saturated heterocycles. The lowest BCUT2D eigenvalue weighted by Gasteiger charge is -2.29. The van der Waals surface area contributed by atoms with Crippen molar-refractivity contribution in [2.75, 3.05) is 41.5 Å². The smallest absolute Gasteiger partial charge is 0.286 e. The molecule has 0 bridgehead atoms. The molecular weight excluding hydrogens is 358 g/mol. The van der Waals surface area contributed by atoms with Gasteiger partial charge in [-0.2, -0.15) is 0 Å². The predicted octanol–water partition coefficient (Wildman–Crippen LogP) is 4.31. The lowest BCUT2D eigenvalue weighted by molar-refractivity contribution is -0.113. The van der Waals surface area contributed by atoms with Crippen LogP contribution in [0.2, 0.25) is 0 Å². The summed E-state index contributed by atoms with van der Waals surface area (Å²) in [6.07, 6.45) is 1.95. The van der Waals surface area contributed by atoms with Gasteiger partial charge in [-0.3, -0.25) is 9.59 Å². The van der Waals surface area contributed by atoms with Crippen LogP contribution in [0.25, 0.3) is 0 Å². The number of nitrogens with one attached hydrogen (secondary N) is 1. The first kappa shape index (κ1) is 19.3. The summed E-state index contributed by atoms with van der Waals surface area (Å²) in [6.45, 7) is 2.76. The highest BCUT2D eigenvalue weighted by Crippen LogP contribution is 2.30. The van der Waals surface area contributed by atoms with E-state index in [4.69, 9.17) is 0 Å². The first-order valence-electron chi connectivity index (χ1n) is 9.05. The van der Waals surface area contributed by atoms with Crippen molar-refractivity contribution in [1.29, 1.82) is 0 Å². The van der Waals surface area contributed by atoms with E-state index in [1.807, 2.05) is 55.4 Å². The summed E-state index contributed by atoms with van der Waals surface area (Å²) in [4.78, 5) is 28.6. The van der Waals surface area contributed by atoms with Crippen LogP contribution in [0.4, 0.5) is 21.9 Å². The Bertz CT molecular complexity index is 834. The summed E-state index contributed by atoms with van der Waals surface area (Å²) in [6, 6.07) is 13.8. The number of amides is 2. The van der Waals surface area contributed by atoms with Crippen LogP contribution in [-0.4, -0.2) is 37.5 Å². The molecule has 2 aromatic rings. The minimum atomic E-state index is -0.174. The molecule has 27 heavy (non-hydrogen) atoms. The molecule has 2 aromatic carbocycles. The average molecular weight is 384 g/mol. The molecule has 0 spiro atoms. The molecule has 142 valence electrons. The molecule has 2 amide bonds. The number of benzene rings is 2. The number of thioether (sulfide) groups is 1. The Labute approximate surface area is 164 Å². The van der Waals surface area contributed by atoms with E-state index in [1.54, 1.807) is 4.90 Å². The summed E-state index contributed by atoms with van der Waals surface area (Å²) in [5.74, 6) is -0.0709. The number of rotatable bonds is 4. The second kappa shape index (κ2) is 8.48. The van der Waals surface area contributed by atoms with Crippen molar-refractivity contribution in [3.05, 3.63) is 53.6 Å². The van der Waals surface area contributed by atoms with Crippen molar-refractivity contribution in [1.82, 2.24) is 0 Å². The van der Waals surface area contributed by atoms with Gasteiger partial charge in [-0.25, -0.2) is 0 Å². The molecule has 0 unspecified atom stereocenters. The minimum absolute atomic E-state index is 0.0714. The number of hydrogen-bond donors (Lipinski definition) is 1. The molecule has 5 nitrogen and oxygen atoms in total. The van der Waals surface area contributed by atoms with E-state index in [0.29, 0.717) is 6.54 Å². The zero-order chi connectivity index (χ0) is 19.4. The largest absolute Gasteiger partial charge is 0.378 e. The number of fused-ring (bicyclic) bond motifs is 1. The molecule has 0 fully saturated rings. The Hall–Kier alpha value is -2.47.